The summed E-state index contributed by atoms with van der Waals surface area (Å²) in [4.78, 5) is 0. The first kappa shape index (κ1) is 10.7. The SMILES string of the molecule is CNCCCC1C2=C(C=CC1C)CCN2. The Morgan fingerprint density at radius 2 is 2.40 bits per heavy atom. The Bertz CT molecular complexity index is 278. The van der Waals surface area contributed by atoms with Crippen LogP contribution < -0.4 is 10.6 Å². The molecular weight excluding hydrogens is 184 g/mol. The topological polar surface area (TPSA) is 24.1 Å². The van der Waals surface area contributed by atoms with Crippen LogP contribution in [0.1, 0.15) is 26.2 Å². The van der Waals surface area contributed by atoms with E-state index >= 15 is 0 Å². The number of allylic oxidation sites excluding steroid dienone is 3. The van der Waals surface area contributed by atoms with Crippen molar-refractivity contribution in [1.82, 2.24) is 10.6 Å². The Kier molecular flexibility index (Phi) is 3.47. The van der Waals surface area contributed by atoms with E-state index in [0.29, 0.717) is 5.92 Å². The molecule has 0 radical (unpaired) electrons. The van der Waals surface area contributed by atoms with Crippen molar-refractivity contribution in [2.24, 2.45) is 11.8 Å². The molecule has 0 saturated carbocycles. The van der Waals surface area contributed by atoms with Gasteiger partial charge in [-0.2, -0.15) is 0 Å². The van der Waals surface area contributed by atoms with Crippen LogP contribution in [0.15, 0.2) is 23.4 Å². The molecule has 2 nitrogen and oxygen atoms in total. The van der Waals surface area contributed by atoms with Gasteiger partial charge in [-0.15, -0.1) is 0 Å². The van der Waals surface area contributed by atoms with Gasteiger partial charge in [0.1, 0.15) is 0 Å². The highest BCUT2D eigenvalue weighted by molar-refractivity contribution is 5.35. The summed E-state index contributed by atoms with van der Waals surface area (Å²) in [7, 11) is 2.03. The predicted molar refractivity (Wildman–Crippen MR) is 64.6 cm³/mol. The Hall–Kier alpha value is -0.760. The molecular formula is C13H22N2. The molecule has 0 aromatic rings. The second-order valence-corrected chi connectivity index (χ2v) is 4.69. The van der Waals surface area contributed by atoms with Crippen molar-refractivity contribution >= 4 is 0 Å². The molecule has 1 heterocycles. The third kappa shape index (κ3) is 2.25. The lowest BCUT2D eigenvalue weighted by molar-refractivity contribution is 0.414. The van der Waals surface area contributed by atoms with Crippen LogP contribution in [0, 0.1) is 11.8 Å². The molecule has 15 heavy (non-hydrogen) atoms. The zero-order valence-corrected chi connectivity index (χ0v) is 9.84. The minimum atomic E-state index is 0.700. The number of hydrogen-bond acceptors (Lipinski definition) is 2. The monoisotopic (exact) mass is 206 g/mol. The quantitative estimate of drug-likeness (QED) is 0.688. The number of nitrogens with one attached hydrogen (secondary N) is 2. The molecule has 2 heteroatoms. The fourth-order valence-corrected chi connectivity index (χ4v) is 2.69. The van der Waals surface area contributed by atoms with E-state index in [1.54, 1.807) is 11.3 Å². The first-order chi connectivity index (χ1) is 7.33. The molecule has 0 fully saturated rings. The van der Waals surface area contributed by atoms with Gasteiger partial charge >= 0.3 is 0 Å². The van der Waals surface area contributed by atoms with Crippen molar-refractivity contribution in [3.8, 4) is 0 Å². The summed E-state index contributed by atoms with van der Waals surface area (Å²) in [6.45, 7) is 4.62. The molecule has 84 valence electrons. The second-order valence-electron chi connectivity index (χ2n) is 4.69. The molecule has 0 bridgehead atoms. The van der Waals surface area contributed by atoms with E-state index in [-0.39, 0.29) is 0 Å². The average Bonchev–Trinajstić information content (AvgIpc) is 2.69. The van der Waals surface area contributed by atoms with Gasteiger partial charge in [0, 0.05) is 18.2 Å². The van der Waals surface area contributed by atoms with Crippen LogP contribution in [0.4, 0.5) is 0 Å². The maximum Gasteiger partial charge on any atom is 0.0185 e. The van der Waals surface area contributed by atoms with Crippen molar-refractivity contribution < 1.29 is 0 Å². The van der Waals surface area contributed by atoms with Crippen molar-refractivity contribution in [2.75, 3.05) is 20.1 Å². The predicted octanol–water partition coefficient (Wildman–Crippen LogP) is 2.06. The molecule has 2 rings (SSSR count). The minimum Gasteiger partial charge on any atom is -0.388 e. The number of rotatable bonds is 4. The van der Waals surface area contributed by atoms with Gasteiger partial charge in [0.15, 0.2) is 0 Å². The highest BCUT2D eigenvalue weighted by atomic mass is 14.9. The fourth-order valence-electron chi connectivity index (χ4n) is 2.69. The molecule has 2 unspecified atom stereocenters. The Balaban J connectivity index is 1.99. The van der Waals surface area contributed by atoms with Gasteiger partial charge in [-0.05, 0) is 44.3 Å². The van der Waals surface area contributed by atoms with Crippen LogP contribution in [0.2, 0.25) is 0 Å². The Morgan fingerprint density at radius 3 is 3.20 bits per heavy atom. The summed E-state index contributed by atoms with van der Waals surface area (Å²) in [5.74, 6) is 1.44. The van der Waals surface area contributed by atoms with E-state index in [0.717, 1.165) is 19.0 Å². The second kappa shape index (κ2) is 4.84. The smallest absolute Gasteiger partial charge is 0.0185 e. The third-order valence-electron chi connectivity index (χ3n) is 3.60. The standard InChI is InChI=1S/C13H22N2/c1-10-5-6-11-7-9-15-13(11)12(10)4-3-8-14-2/h5-6,10,12,14-15H,3-4,7-9H2,1-2H3. The lowest BCUT2D eigenvalue weighted by Gasteiger charge is -2.27. The first-order valence-electron chi connectivity index (χ1n) is 6.12. The van der Waals surface area contributed by atoms with Crippen LogP contribution in [0.3, 0.4) is 0 Å². The van der Waals surface area contributed by atoms with Gasteiger partial charge in [0.25, 0.3) is 0 Å². The summed E-state index contributed by atoms with van der Waals surface area (Å²) in [5, 5.41) is 6.80. The number of hydrogen-bond donors (Lipinski definition) is 2. The zero-order chi connectivity index (χ0) is 10.7. The minimum absolute atomic E-state index is 0.700. The summed E-state index contributed by atoms with van der Waals surface area (Å²) < 4.78 is 0. The summed E-state index contributed by atoms with van der Waals surface area (Å²) in [5.41, 5.74) is 3.10. The van der Waals surface area contributed by atoms with Crippen LogP contribution in [0.5, 0.6) is 0 Å². The van der Waals surface area contributed by atoms with Gasteiger partial charge in [-0.1, -0.05) is 19.1 Å². The first-order valence-corrected chi connectivity index (χ1v) is 6.12. The van der Waals surface area contributed by atoms with Crippen LogP contribution in [-0.2, 0) is 0 Å². The summed E-state index contributed by atoms with van der Waals surface area (Å²) >= 11 is 0. The van der Waals surface area contributed by atoms with Gasteiger partial charge in [-0.3, -0.25) is 0 Å². The van der Waals surface area contributed by atoms with E-state index in [9.17, 15) is 0 Å². The normalized spacial score (nSPS) is 29.2. The molecule has 0 spiro atoms. The Labute approximate surface area is 92.8 Å². The van der Waals surface area contributed by atoms with Crippen molar-refractivity contribution in [3.05, 3.63) is 23.4 Å². The third-order valence-corrected chi connectivity index (χ3v) is 3.60. The van der Waals surface area contributed by atoms with Crippen molar-refractivity contribution in [2.45, 2.75) is 26.2 Å². The molecule has 2 N–H and O–H groups in total. The van der Waals surface area contributed by atoms with Crippen molar-refractivity contribution in [3.63, 3.8) is 0 Å². The van der Waals surface area contributed by atoms with Gasteiger partial charge in [-0.25, -0.2) is 0 Å². The zero-order valence-electron chi connectivity index (χ0n) is 9.84. The van der Waals surface area contributed by atoms with E-state index in [2.05, 4.69) is 29.7 Å². The molecule has 1 aliphatic carbocycles. The lowest BCUT2D eigenvalue weighted by Crippen LogP contribution is -2.24. The summed E-state index contributed by atoms with van der Waals surface area (Å²) in [6.07, 6.45) is 8.52. The molecule has 2 atom stereocenters. The van der Waals surface area contributed by atoms with Gasteiger partial charge in [0.2, 0.25) is 0 Å². The van der Waals surface area contributed by atoms with Gasteiger partial charge in [0.05, 0.1) is 0 Å². The van der Waals surface area contributed by atoms with Crippen LogP contribution in [-0.4, -0.2) is 20.1 Å². The molecule has 0 aromatic carbocycles. The molecule has 0 saturated heterocycles. The van der Waals surface area contributed by atoms with Crippen molar-refractivity contribution in [1.29, 1.82) is 0 Å². The Morgan fingerprint density at radius 1 is 1.53 bits per heavy atom. The largest absolute Gasteiger partial charge is 0.388 e. The van der Waals surface area contributed by atoms with Crippen LogP contribution in [0.25, 0.3) is 0 Å². The summed E-state index contributed by atoms with van der Waals surface area (Å²) in [6, 6.07) is 0. The van der Waals surface area contributed by atoms with Gasteiger partial charge < -0.3 is 10.6 Å². The van der Waals surface area contributed by atoms with E-state index < -0.39 is 0 Å². The highest BCUT2D eigenvalue weighted by Gasteiger charge is 2.27. The maximum atomic E-state index is 3.57. The molecule has 1 aliphatic heterocycles. The van der Waals surface area contributed by atoms with E-state index in [1.807, 2.05) is 7.05 Å². The fraction of sp³-hybridized carbons (Fsp3) is 0.692. The molecule has 0 aromatic heterocycles. The lowest BCUT2D eigenvalue weighted by atomic mass is 9.81. The van der Waals surface area contributed by atoms with Crippen LogP contribution >= 0.6 is 0 Å². The highest BCUT2D eigenvalue weighted by Crippen LogP contribution is 2.35. The maximum absolute atomic E-state index is 3.57. The van der Waals surface area contributed by atoms with E-state index in [1.165, 1.54) is 19.3 Å². The van der Waals surface area contributed by atoms with E-state index in [4.69, 9.17) is 0 Å². The molecule has 2 aliphatic rings. The average molecular weight is 206 g/mol. The molecule has 0 amide bonds.